The van der Waals surface area contributed by atoms with E-state index in [1.165, 1.54) is 6.20 Å². The van der Waals surface area contributed by atoms with Crippen LogP contribution in [0.2, 0.25) is 5.02 Å². The number of halogens is 1. The summed E-state index contributed by atoms with van der Waals surface area (Å²) in [5, 5.41) is 0.489. The van der Waals surface area contributed by atoms with Crippen LogP contribution in [0.3, 0.4) is 0 Å². The Kier molecular flexibility index (Phi) is 5.86. The highest BCUT2D eigenvalue weighted by atomic mass is 35.5. The molecule has 2 fully saturated rings. The Labute approximate surface area is 159 Å². The van der Waals surface area contributed by atoms with Gasteiger partial charge in [-0.2, -0.15) is 4.31 Å². The van der Waals surface area contributed by atoms with Crippen LogP contribution in [0.5, 0.6) is 0 Å². The first kappa shape index (κ1) is 19.5. The van der Waals surface area contributed by atoms with E-state index < -0.39 is 15.6 Å². The van der Waals surface area contributed by atoms with Gasteiger partial charge in [-0.05, 0) is 31.4 Å². The van der Waals surface area contributed by atoms with Crippen LogP contribution in [0.25, 0.3) is 0 Å². The SMILES string of the molecule is CCCS(=O)(=O)N1CCOC2(CCN(C(=O)c3ccc(Cl)cn3)CC2)C1. The Balaban J connectivity index is 1.63. The van der Waals surface area contributed by atoms with Crippen molar-refractivity contribution >= 4 is 27.5 Å². The van der Waals surface area contributed by atoms with E-state index in [2.05, 4.69) is 4.98 Å². The summed E-state index contributed by atoms with van der Waals surface area (Å²) in [6.07, 6.45) is 3.29. The van der Waals surface area contributed by atoms with Gasteiger partial charge in [0.25, 0.3) is 5.91 Å². The molecule has 2 saturated heterocycles. The van der Waals surface area contributed by atoms with E-state index in [1.54, 1.807) is 21.3 Å². The van der Waals surface area contributed by atoms with Gasteiger partial charge >= 0.3 is 0 Å². The van der Waals surface area contributed by atoms with Crippen LogP contribution < -0.4 is 0 Å². The van der Waals surface area contributed by atoms with Crippen molar-refractivity contribution in [2.75, 3.05) is 38.5 Å². The number of amides is 1. The third-order valence-electron chi connectivity index (χ3n) is 4.98. The number of carbonyl (C=O) groups excluding carboxylic acids is 1. The minimum Gasteiger partial charge on any atom is -0.372 e. The Morgan fingerprint density at radius 3 is 2.65 bits per heavy atom. The van der Waals surface area contributed by atoms with Crippen LogP contribution in [0.4, 0.5) is 0 Å². The molecule has 2 aliphatic rings. The quantitative estimate of drug-likeness (QED) is 0.768. The summed E-state index contributed by atoms with van der Waals surface area (Å²) in [6, 6.07) is 3.26. The maximum Gasteiger partial charge on any atom is 0.272 e. The van der Waals surface area contributed by atoms with Crippen molar-refractivity contribution in [1.82, 2.24) is 14.2 Å². The van der Waals surface area contributed by atoms with Gasteiger partial charge in [-0.1, -0.05) is 18.5 Å². The van der Waals surface area contributed by atoms with Crippen LogP contribution in [-0.4, -0.2) is 72.7 Å². The maximum absolute atomic E-state index is 12.6. The molecule has 9 heteroatoms. The number of hydrogen-bond acceptors (Lipinski definition) is 5. The van der Waals surface area contributed by atoms with Gasteiger partial charge in [-0.3, -0.25) is 4.79 Å². The van der Waals surface area contributed by atoms with Crippen LogP contribution >= 0.6 is 11.6 Å². The molecule has 0 unspecified atom stereocenters. The Morgan fingerprint density at radius 2 is 2.04 bits per heavy atom. The fraction of sp³-hybridized carbons (Fsp3) is 0.647. The standard InChI is InChI=1S/C17H24ClN3O4S/c1-2-11-26(23,24)21-9-10-25-17(13-21)5-7-20(8-6-17)16(22)15-4-3-14(18)12-19-15/h3-4,12H,2,5-11,13H2,1H3. The predicted molar refractivity (Wildman–Crippen MR) is 98.7 cm³/mol. The third kappa shape index (κ3) is 4.19. The number of nitrogens with zero attached hydrogens (tertiary/aromatic N) is 3. The molecule has 2 aliphatic heterocycles. The monoisotopic (exact) mass is 401 g/mol. The second kappa shape index (κ2) is 7.80. The lowest BCUT2D eigenvalue weighted by atomic mass is 9.90. The molecule has 26 heavy (non-hydrogen) atoms. The number of piperidine rings is 1. The number of sulfonamides is 1. The molecule has 0 saturated carbocycles. The molecular formula is C17H24ClN3O4S. The molecular weight excluding hydrogens is 378 g/mol. The van der Waals surface area contributed by atoms with E-state index in [0.29, 0.717) is 62.8 Å². The second-order valence-corrected chi connectivity index (χ2v) is 9.36. The zero-order valence-electron chi connectivity index (χ0n) is 14.9. The normalized spacial score (nSPS) is 21.1. The molecule has 1 spiro atoms. The fourth-order valence-corrected chi connectivity index (χ4v) is 5.19. The van der Waals surface area contributed by atoms with Crippen molar-refractivity contribution in [1.29, 1.82) is 0 Å². The molecule has 0 N–H and O–H groups in total. The van der Waals surface area contributed by atoms with E-state index in [9.17, 15) is 13.2 Å². The van der Waals surface area contributed by atoms with Gasteiger partial charge in [0.2, 0.25) is 10.0 Å². The Morgan fingerprint density at radius 1 is 1.31 bits per heavy atom. The first-order chi connectivity index (χ1) is 12.4. The van der Waals surface area contributed by atoms with Gasteiger partial charge < -0.3 is 9.64 Å². The zero-order valence-corrected chi connectivity index (χ0v) is 16.4. The number of pyridine rings is 1. The molecule has 1 aromatic rings. The van der Waals surface area contributed by atoms with Gasteiger partial charge in [0.1, 0.15) is 5.69 Å². The molecule has 1 aromatic heterocycles. The van der Waals surface area contributed by atoms with Crippen molar-refractivity contribution < 1.29 is 17.9 Å². The van der Waals surface area contributed by atoms with Crippen LogP contribution in [-0.2, 0) is 14.8 Å². The van der Waals surface area contributed by atoms with Gasteiger partial charge in [-0.25, -0.2) is 13.4 Å². The summed E-state index contributed by atoms with van der Waals surface area (Å²) in [4.78, 5) is 18.4. The van der Waals surface area contributed by atoms with Crippen LogP contribution in [0, 0.1) is 0 Å². The summed E-state index contributed by atoms with van der Waals surface area (Å²) in [6.45, 7) is 4.08. The first-order valence-electron chi connectivity index (χ1n) is 8.88. The number of rotatable bonds is 4. The molecule has 144 valence electrons. The summed E-state index contributed by atoms with van der Waals surface area (Å²) in [5.41, 5.74) is -0.134. The average Bonchev–Trinajstić information content (AvgIpc) is 2.62. The average molecular weight is 402 g/mol. The van der Waals surface area contributed by atoms with Crippen LogP contribution in [0.15, 0.2) is 18.3 Å². The lowest BCUT2D eigenvalue weighted by Gasteiger charge is -2.46. The lowest BCUT2D eigenvalue weighted by Crippen LogP contribution is -2.58. The van der Waals surface area contributed by atoms with E-state index in [4.69, 9.17) is 16.3 Å². The van der Waals surface area contributed by atoms with E-state index in [0.717, 1.165) is 0 Å². The smallest absolute Gasteiger partial charge is 0.272 e. The van der Waals surface area contributed by atoms with Crippen molar-refractivity contribution in [2.24, 2.45) is 0 Å². The number of ether oxygens (including phenoxy) is 1. The van der Waals surface area contributed by atoms with E-state index in [1.807, 2.05) is 6.92 Å². The van der Waals surface area contributed by atoms with Crippen molar-refractivity contribution in [3.63, 3.8) is 0 Å². The third-order valence-corrected chi connectivity index (χ3v) is 7.22. The molecule has 1 amide bonds. The number of aromatic nitrogens is 1. The molecule has 0 radical (unpaired) electrons. The highest BCUT2D eigenvalue weighted by Gasteiger charge is 2.43. The molecule has 0 atom stereocenters. The Bertz CT molecular complexity index is 746. The summed E-state index contributed by atoms with van der Waals surface area (Å²) in [7, 11) is -3.24. The van der Waals surface area contributed by atoms with Crippen molar-refractivity contribution in [3.8, 4) is 0 Å². The molecule has 7 nitrogen and oxygen atoms in total. The summed E-state index contributed by atoms with van der Waals surface area (Å²) < 4.78 is 32.3. The zero-order chi connectivity index (χ0) is 18.8. The number of likely N-dealkylation sites (tertiary alicyclic amines) is 1. The minimum absolute atomic E-state index is 0.136. The largest absolute Gasteiger partial charge is 0.372 e. The topological polar surface area (TPSA) is 79.8 Å². The molecule has 3 heterocycles. The van der Waals surface area contributed by atoms with Crippen molar-refractivity contribution in [3.05, 3.63) is 29.0 Å². The summed E-state index contributed by atoms with van der Waals surface area (Å²) >= 11 is 5.81. The van der Waals surface area contributed by atoms with Gasteiger partial charge in [0.05, 0.1) is 23.0 Å². The molecule has 0 bridgehead atoms. The molecule has 0 aromatic carbocycles. The van der Waals surface area contributed by atoms with Crippen molar-refractivity contribution in [2.45, 2.75) is 31.8 Å². The van der Waals surface area contributed by atoms with E-state index in [-0.39, 0.29) is 11.7 Å². The van der Waals surface area contributed by atoms with Gasteiger partial charge in [0.15, 0.2) is 0 Å². The number of morpholine rings is 1. The molecule has 0 aliphatic carbocycles. The Hall–Kier alpha value is -1.22. The van der Waals surface area contributed by atoms with Crippen LogP contribution in [0.1, 0.15) is 36.7 Å². The maximum atomic E-state index is 12.6. The second-order valence-electron chi connectivity index (χ2n) is 6.83. The highest BCUT2D eigenvalue weighted by molar-refractivity contribution is 7.89. The number of hydrogen-bond donors (Lipinski definition) is 0. The van der Waals surface area contributed by atoms with E-state index >= 15 is 0 Å². The minimum atomic E-state index is -3.24. The predicted octanol–water partition coefficient (Wildman–Crippen LogP) is 1.78. The highest BCUT2D eigenvalue weighted by Crippen LogP contribution is 2.31. The fourth-order valence-electron chi connectivity index (χ4n) is 3.52. The van der Waals surface area contributed by atoms with Gasteiger partial charge in [-0.15, -0.1) is 0 Å². The van der Waals surface area contributed by atoms with Gasteiger partial charge in [0, 0.05) is 32.4 Å². The first-order valence-corrected chi connectivity index (χ1v) is 10.9. The number of carbonyl (C=O) groups is 1. The summed E-state index contributed by atoms with van der Waals surface area (Å²) in [5.74, 6) is 0.0263. The molecule has 3 rings (SSSR count). The lowest BCUT2D eigenvalue weighted by molar-refractivity contribution is -0.115.